The zero-order valence-corrected chi connectivity index (χ0v) is 10.2. The Balaban J connectivity index is 2.21. The lowest BCUT2D eigenvalue weighted by Crippen LogP contribution is -2.05. The van der Waals surface area contributed by atoms with Crippen molar-refractivity contribution in [1.29, 1.82) is 0 Å². The molecule has 0 aliphatic rings. The van der Waals surface area contributed by atoms with E-state index >= 15 is 0 Å². The van der Waals surface area contributed by atoms with Crippen LogP contribution in [0, 0.1) is 23.3 Å². The Morgan fingerprint density at radius 2 is 1.53 bits per heavy atom. The molecule has 0 unspecified atom stereocenters. The van der Waals surface area contributed by atoms with Gasteiger partial charge in [0.2, 0.25) is 0 Å². The quantitative estimate of drug-likeness (QED) is 0.820. The third-order valence-electron chi connectivity index (χ3n) is 2.47. The Morgan fingerprint density at radius 3 is 2.16 bits per heavy atom. The molecule has 2 aromatic carbocycles. The predicted molar refractivity (Wildman–Crippen MR) is 65.1 cm³/mol. The second-order valence-electron chi connectivity index (χ2n) is 3.83. The summed E-state index contributed by atoms with van der Waals surface area (Å²) in [6, 6.07) is 4.77. The Bertz CT molecular complexity index is 593. The highest BCUT2D eigenvalue weighted by molar-refractivity contribution is 6.31. The zero-order valence-electron chi connectivity index (χ0n) is 9.48. The summed E-state index contributed by atoms with van der Waals surface area (Å²) in [6.45, 7) is -0.0872. The maximum atomic E-state index is 13.3. The van der Waals surface area contributed by atoms with Crippen LogP contribution in [0.1, 0.15) is 5.56 Å². The normalized spacial score (nSPS) is 10.6. The summed E-state index contributed by atoms with van der Waals surface area (Å²) >= 11 is 5.81. The number of halogens is 5. The van der Waals surface area contributed by atoms with Crippen LogP contribution in [0.25, 0.3) is 0 Å². The van der Waals surface area contributed by atoms with Crippen LogP contribution in [0.4, 0.5) is 23.2 Å². The maximum Gasteiger partial charge on any atom is 0.152 e. The smallest absolute Gasteiger partial charge is 0.152 e. The second-order valence-corrected chi connectivity index (χ2v) is 4.24. The van der Waals surface area contributed by atoms with Crippen molar-refractivity contribution in [2.24, 2.45) is 0 Å². The van der Waals surface area contributed by atoms with Crippen LogP contribution < -0.4 is 5.32 Å². The van der Waals surface area contributed by atoms with Gasteiger partial charge in [0.05, 0.1) is 0 Å². The molecule has 0 aromatic heterocycles. The first kappa shape index (κ1) is 13.7. The van der Waals surface area contributed by atoms with Crippen molar-refractivity contribution in [2.75, 3.05) is 5.32 Å². The first-order valence-corrected chi connectivity index (χ1v) is 5.67. The topological polar surface area (TPSA) is 12.0 Å². The van der Waals surface area contributed by atoms with E-state index in [-0.39, 0.29) is 11.6 Å². The standard InChI is InChI=1S/C13H8ClF4N/c14-10-2-1-8(15)3-7(10)6-19-13-11(17)4-9(16)5-12(13)18/h1-5,19H,6H2. The molecule has 0 radical (unpaired) electrons. The van der Waals surface area contributed by atoms with Crippen molar-refractivity contribution in [2.45, 2.75) is 6.54 Å². The Labute approximate surface area is 111 Å². The van der Waals surface area contributed by atoms with Crippen molar-refractivity contribution < 1.29 is 17.6 Å². The molecule has 0 bridgehead atoms. The Morgan fingerprint density at radius 1 is 0.895 bits per heavy atom. The van der Waals surface area contributed by atoms with Crippen molar-refractivity contribution in [1.82, 2.24) is 0 Å². The second kappa shape index (κ2) is 5.48. The van der Waals surface area contributed by atoms with Gasteiger partial charge in [-0.15, -0.1) is 0 Å². The van der Waals surface area contributed by atoms with Crippen molar-refractivity contribution >= 4 is 17.3 Å². The van der Waals surface area contributed by atoms with Crippen LogP contribution in [-0.2, 0) is 6.54 Å². The highest BCUT2D eigenvalue weighted by Gasteiger charge is 2.12. The minimum absolute atomic E-state index is 0.0872. The van der Waals surface area contributed by atoms with E-state index in [1.807, 2.05) is 0 Å². The zero-order chi connectivity index (χ0) is 14.0. The molecule has 100 valence electrons. The lowest BCUT2D eigenvalue weighted by molar-refractivity contribution is 0.547. The first-order chi connectivity index (χ1) is 8.97. The van der Waals surface area contributed by atoms with Gasteiger partial charge in [0.25, 0.3) is 0 Å². The number of nitrogens with one attached hydrogen (secondary N) is 1. The minimum Gasteiger partial charge on any atom is -0.376 e. The van der Waals surface area contributed by atoms with Gasteiger partial charge in [-0.25, -0.2) is 17.6 Å². The predicted octanol–water partition coefficient (Wildman–Crippen LogP) is 4.51. The van der Waals surface area contributed by atoms with Gasteiger partial charge in [0.15, 0.2) is 11.6 Å². The molecule has 0 aliphatic carbocycles. The fourth-order valence-electron chi connectivity index (χ4n) is 1.57. The molecule has 0 spiro atoms. The first-order valence-electron chi connectivity index (χ1n) is 5.29. The third-order valence-corrected chi connectivity index (χ3v) is 2.84. The van der Waals surface area contributed by atoms with E-state index in [0.717, 1.165) is 6.07 Å². The number of anilines is 1. The minimum atomic E-state index is -1.06. The summed E-state index contributed by atoms with van der Waals surface area (Å²) < 4.78 is 52.4. The summed E-state index contributed by atoms with van der Waals surface area (Å²) in [5.41, 5.74) is -0.147. The van der Waals surface area contributed by atoms with Gasteiger partial charge in [-0.3, -0.25) is 0 Å². The molecule has 2 rings (SSSR count). The maximum absolute atomic E-state index is 13.3. The summed E-state index contributed by atoms with van der Waals surface area (Å²) in [5, 5.41) is 2.69. The van der Waals surface area contributed by atoms with Crippen LogP contribution in [0.15, 0.2) is 30.3 Å². The van der Waals surface area contributed by atoms with Gasteiger partial charge >= 0.3 is 0 Å². The average Bonchev–Trinajstić information content (AvgIpc) is 2.32. The van der Waals surface area contributed by atoms with Crippen LogP contribution in [-0.4, -0.2) is 0 Å². The summed E-state index contributed by atoms with van der Waals surface area (Å²) in [5.74, 6) is -3.65. The lowest BCUT2D eigenvalue weighted by atomic mass is 10.2. The van der Waals surface area contributed by atoms with Gasteiger partial charge in [0, 0.05) is 23.7 Å². The molecule has 1 nitrogen and oxygen atoms in total. The van der Waals surface area contributed by atoms with E-state index in [4.69, 9.17) is 11.6 Å². The molecular weight excluding hydrogens is 282 g/mol. The molecule has 19 heavy (non-hydrogen) atoms. The van der Waals surface area contributed by atoms with Crippen LogP contribution in [0.3, 0.4) is 0 Å². The molecule has 0 heterocycles. The summed E-state index contributed by atoms with van der Waals surface area (Å²) in [6.07, 6.45) is 0. The molecule has 2 aromatic rings. The highest BCUT2D eigenvalue weighted by atomic mass is 35.5. The van der Waals surface area contributed by atoms with Gasteiger partial charge in [-0.05, 0) is 23.8 Å². The van der Waals surface area contributed by atoms with E-state index in [0.29, 0.717) is 17.7 Å². The molecule has 0 saturated heterocycles. The molecule has 6 heteroatoms. The fraction of sp³-hybridized carbons (Fsp3) is 0.0769. The number of benzene rings is 2. The van der Waals surface area contributed by atoms with Gasteiger partial charge < -0.3 is 5.32 Å². The van der Waals surface area contributed by atoms with Crippen molar-refractivity contribution in [3.8, 4) is 0 Å². The number of hydrogen-bond acceptors (Lipinski definition) is 1. The van der Waals surface area contributed by atoms with Gasteiger partial charge in [0.1, 0.15) is 17.3 Å². The molecule has 0 amide bonds. The van der Waals surface area contributed by atoms with Crippen LogP contribution in [0.5, 0.6) is 0 Å². The molecule has 1 N–H and O–H groups in total. The number of hydrogen-bond donors (Lipinski definition) is 1. The van der Waals surface area contributed by atoms with E-state index in [9.17, 15) is 17.6 Å². The number of rotatable bonds is 3. The average molecular weight is 290 g/mol. The van der Waals surface area contributed by atoms with Crippen molar-refractivity contribution in [3.63, 3.8) is 0 Å². The highest BCUT2D eigenvalue weighted by Crippen LogP contribution is 2.23. The van der Waals surface area contributed by atoms with E-state index in [1.54, 1.807) is 0 Å². The van der Waals surface area contributed by atoms with Crippen molar-refractivity contribution in [3.05, 3.63) is 64.2 Å². The van der Waals surface area contributed by atoms with E-state index in [1.165, 1.54) is 12.1 Å². The fourth-order valence-corrected chi connectivity index (χ4v) is 1.76. The largest absolute Gasteiger partial charge is 0.376 e. The molecular formula is C13H8ClF4N. The summed E-state index contributed by atoms with van der Waals surface area (Å²) in [7, 11) is 0. The van der Waals surface area contributed by atoms with Crippen LogP contribution in [0.2, 0.25) is 5.02 Å². The monoisotopic (exact) mass is 289 g/mol. The Kier molecular flexibility index (Phi) is 3.95. The Hall–Kier alpha value is -1.75. The lowest BCUT2D eigenvalue weighted by Gasteiger charge is -2.10. The molecule has 0 fully saturated rings. The summed E-state index contributed by atoms with van der Waals surface area (Å²) in [4.78, 5) is 0. The van der Waals surface area contributed by atoms with Crippen LogP contribution >= 0.6 is 11.6 Å². The van der Waals surface area contributed by atoms with Gasteiger partial charge in [-0.2, -0.15) is 0 Å². The third kappa shape index (κ3) is 3.17. The van der Waals surface area contributed by atoms with E-state index < -0.39 is 29.0 Å². The molecule has 0 atom stereocenters. The molecule has 0 saturated carbocycles. The SMILES string of the molecule is Fc1cc(F)c(NCc2cc(F)ccc2Cl)c(F)c1. The molecule has 0 aliphatic heterocycles. The van der Waals surface area contributed by atoms with E-state index in [2.05, 4.69) is 5.32 Å². The van der Waals surface area contributed by atoms with Gasteiger partial charge in [-0.1, -0.05) is 11.6 Å².